The second-order valence-corrected chi connectivity index (χ2v) is 12.7. The normalized spacial score (nSPS) is 17.1. The number of hydrogen-bond donors (Lipinski definition) is 1. The van der Waals surface area contributed by atoms with Crippen molar-refractivity contribution >= 4 is 27.1 Å². The molecule has 8 nitrogen and oxygen atoms in total. The number of fused-ring (bicyclic) bond motifs is 2. The molecule has 2 aliphatic rings. The highest BCUT2D eigenvalue weighted by molar-refractivity contribution is 7.89. The van der Waals surface area contributed by atoms with Crippen molar-refractivity contribution in [2.24, 2.45) is 5.92 Å². The second-order valence-electron chi connectivity index (χ2n) is 11.0. The molecule has 3 aromatic rings. The molecule has 39 heavy (non-hydrogen) atoms. The molecule has 9 heteroatoms. The summed E-state index contributed by atoms with van der Waals surface area (Å²) in [5, 5.41) is 1.20. The van der Waals surface area contributed by atoms with Gasteiger partial charge in [0.1, 0.15) is 5.58 Å². The molecular weight excluding hydrogens is 514 g/mol. The van der Waals surface area contributed by atoms with E-state index in [2.05, 4.69) is 15.7 Å². The molecule has 2 aliphatic heterocycles. The first-order chi connectivity index (χ1) is 18.8. The fourth-order valence-corrected chi connectivity index (χ4v) is 7.09. The Hall–Kier alpha value is -2.88. The number of carbonyl (C=O) groups excluding carboxylic acids is 1. The lowest BCUT2D eigenvalue weighted by molar-refractivity contribution is 0.0728. The van der Waals surface area contributed by atoms with Gasteiger partial charge in [0.2, 0.25) is 10.0 Å². The molecule has 0 aliphatic carbocycles. The van der Waals surface area contributed by atoms with Gasteiger partial charge in [0.15, 0.2) is 0 Å². The Labute approximate surface area is 231 Å². The second kappa shape index (κ2) is 12.1. The van der Waals surface area contributed by atoms with Crippen molar-refractivity contribution in [1.29, 1.82) is 0 Å². The van der Waals surface area contributed by atoms with Crippen LogP contribution in [-0.4, -0.2) is 63.1 Å². The molecule has 1 N–H and O–H groups in total. The lowest BCUT2D eigenvalue weighted by atomic mass is 9.93. The zero-order valence-corrected chi connectivity index (χ0v) is 23.7. The van der Waals surface area contributed by atoms with E-state index in [4.69, 9.17) is 9.15 Å². The first-order valence-electron chi connectivity index (χ1n) is 14.0. The molecule has 0 atom stereocenters. The van der Waals surface area contributed by atoms with Crippen molar-refractivity contribution in [2.45, 2.75) is 63.5 Å². The standard InChI is InChI=1S/C30H39N3O5S/c1-22(2)38-30(34)33-19-14-27-24(20-33)6-5-9-29(27)39(35,36)31-15-10-23-11-16-32(17-12-23)18-13-25-21-37-28-8-4-3-7-26(25)28/h3-9,21-23,31H,10-20H2,1-2H3. The maximum absolute atomic E-state index is 13.2. The first-order valence-corrected chi connectivity index (χ1v) is 15.5. The van der Waals surface area contributed by atoms with Crippen LogP contribution in [0.15, 0.2) is 58.0 Å². The fourth-order valence-electron chi connectivity index (χ4n) is 5.74. The molecule has 0 bridgehead atoms. The summed E-state index contributed by atoms with van der Waals surface area (Å²) in [4.78, 5) is 16.8. The summed E-state index contributed by atoms with van der Waals surface area (Å²) in [6.07, 6.45) is 5.79. The van der Waals surface area contributed by atoms with Gasteiger partial charge in [-0.15, -0.1) is 0 Å². The van der Waals surface area contributed by atoms with Gasteiger partial charge in [-0.2, -0.15) is 0 Å². The molecule has 1 amide bonds. The first kappa shape index (κ1) is 27.7. The van der Waals surface area contributed by atoms with Crippen LogP contribution in [0.25, 0.3) is 11.0 Å². The van der Waals surface area contributed by atoms with Gasteiger partial charge in [-0.25, -0.2) is 17.9 Å². The molecule has 2 aromatic carbocycles. The molecule has 0 spiro atoms. The van der Waals surface area contributed by atoms with E-state index in [1.165, 1.54) is 10.9 Å². The van der Waals surface area contributed by atoms with Crippen molar-refractivity contribution in [3.63, 3.8) is 0 Å². The van der Waals surface area contributed by atoms with Crippen LogP contribution in [0.5, 0.6) is 0 Å². The molecule has 3 heterocycles. The summed E-state index contributed by atoms with van der Waals surface area (Å²) in [5.74, 6) is 0.518. The van der Waals surface area contributed by atoms with Crippen molar-refractivity contribution in [2.75, 3.05) is 32.7 Å². The number of likely N-dealkylation sites (tertiary alicyclic amines) is 1. The smallest absolute Gasteiger partial charge is 0.410 e. The Kier molecular flexibility index (Phi) is 8.59. The van der Waals surface area contributed by atoms with Crippen LogP contribution in [0.3, 0.4) is 0 Å². The lowest BCUT2D eigenvalue weighted by Gasteiger charge is -2.32. The van der Waals surface area contributed by atoms with Gasteiger partial charge < -0.3 is 19.0 Å². The van der Waals surface area contributed by atoms with Crippen LogP contribution in [-0.2, 0) is 34.1 Å². The van der Waals surface area contributed by atoms with Crippen LogP contribution in [0.4, 0.5) is 4.79 Å². The van der Waals surface area contributed by atoms with Crippen LogP contribution in [0.2, 0.25) is 0 Å². The Morgan fingerprint density at radius 3 is 2.69 bits per heavy atom. The predicted octanol–water partition coefficient (Wildman–Crippen LogP) is 4.96. The number of piperidine rings is 1. The number of nitrogens with zero attached hydrogens (tertiary/aromatic N) is 2. The molecule has 0 saturated carbocycles. The summed E-state index contributed by atoms with van der Waals surface area (Å²) in [7, 11) is -3.63. The van der Waals surface area contributed by atoms with E-state index in [9.17, 15) is 13.2 Å². The average Bonchev–Trinajstić information content (AvgIpc) is 3.34. The molecule has 0 radical (unpaired) electrons. The number of nitrogens with one attached hydrogen (secondary N) is 1. The van der Waals surface area contributed by atoms with Crippen molar-refractivity contribution in [3.8, 4) is 0 Å². The van der Waals surface area contributed by atoms with E-state index in [1.54, 1.807) is 17.0 Å². The maximum atomic E-state index is 13.2. The minimum absolute atomic E-state index is 0.190. The van der Waals surface area contributed by atoms with E-state index in [0.717, 1.165) is 62.0 Å². The summed E-state index contributed by atoms with van der Waals surface area (Å²) >= 11 is 0. The molecule has 5 rings (SSSR count). The molecule has 1 aromatic heterocycles. The summed E-state index contributed by atoms with van der Waals surface area (Å²) < 4.78 is 40.3. The number of rotatable bonds is 9. The minimum Gasteiger partial charge on any atom is -0.464 e. The Bertz CT molecular complexity index is 1390. The van der Waals surface area contributed by atoms with E-state index >= 15 is 0 Å². The fraction of sp³-hybridized carbons (Fsp3) is 0.500. The number of ether oxygens (including phenoxy) is 1. The Morgan fingerprint density at radius 2 is 1.90 bits per heavy atom. The maximum Gasteiger partial charge on any atom is 0.410 e. The van der Waals surface area contributed by atoms with Gasteiger partial charge in [-0.3, -0.25) is 0 Å². The van der Waals surface area contributed by atoms with Gasteiger partial charge in [0, 0.05) is 31.6 Å². The highest BCUT2D eigenvalue weighted by atomic mass is 32.2. The van der Waals surface area contributed by atoms with Crippen LogP contribution < -0.4 is 4.72 Å². The monoisotopic (exact) mass is 553 g/mol. The van der Waals surface area contributed by atoms with Crippen LogP contribution >= 0.6 is 0 Å². The largest absolute Gasteiger partial charge is 0.464 e. The number of sulfonamides is 1. The quantitative estimate of drug-likeness (QED) is 0.403. The Balaban J connectivity index is 1.08. The number of furan rings is 1. The number of hydrogen-bond acceptors (Lipinski definition) is 6. The summed E-state index contributed by atoms with van der Waals surface area (Å²) in [5.41, 5.74) is 3.87. The SMILES string of the molecule is CC(C)OC(=O)N1CCc2c(cccc2S(=O)(=O)NCCC2CCN(CCc3coc4ccccc34)CC2)C1. The molecule has 1 saturated heterocycles. The average molecular weight is 554 g/mol. The number of para-hydroxylation sites is 1. The highest BCUT2D eigenvalue weighted by Gasteiger charge is 2.28. The van der Waals surface area contributed by atoms with Gasteiger partial charge in [-0.05, 0) is 93.8 Å². The minimum atomic E-state index is -3.63. The van der Waals surface area contributed by atoms with Crippen LogP contribution in [0, 0.1) is 5.92 Å². The highest BCUT2D eigenvalue weighted by Crippen LogP contribution is 2.27. The summed E-state index contributed by atoms with van der Waals surface area (Å²) in [6.45, 7) is 7.96. The number of carbonyl (C=O) groups is 1. The van der Waals surface area contributed by atoms with Crippen molar-refractivity contribution < 1.29 is 22.4 Å². The zero-order valence-electron chi connectivity index (χ0n) is 22.9. The predicted molar refractivity (Wildman–Crippen MR) is 151 cm³/mol. The van der Waals surface area contributed by atoms with Gasteiger partial charge >= 0.3 is 6.09 Å². The van der Waals surface area contributed by atoms with E-state index in [1.807, 2.05) is 44.4 Å². The Morgan fingerprint density at radius 1 is 1.10 bits per heavy atom. The number of amides is 1. The van der Waals surface area contributed by atoms with E-state index in [0.29, 0.717) is 36.9 Å². The number of benzene rings is 2. The van der Waals surface area contributed by atoms with Gasteiger partial charge in [-0.1, -0.05) is 30.3 Å². The van der Waals surface area contributed by atoms with Crippen LogP contribution in [0.1, 0.15) is 49.8 Å². The topological polar surface area (TPSA) is 92.1 Å². The molecule has 0 unspecified atom stereocenters. The van der Waals surface area contributed by atoms with Crippen molar-refractivity contribution in [1.82, 2.24) is 14.5 Å². The third kappa shape index (κ3) is 6.65. The molecule has 210 valence electrons. The molecule has 1 fully saturated rings. The van der Waals surface area contributed by atoms with Gasteiger partial charge in [0.25, 0.3) is 0 Å². The van der Waals surface area contributed by atoms with E-state index < -0.39 is 10.0 Å². The third-order valence-electron chi connectivity index (χ3n) is 7.92. The van der Waals surface area contributed by atoms with Gasteiger partial charge in [0.05, 0.1) is 17.3 Å². The lowest BCUT2D eigenvalue weighted by Crippen LogP contribution is -2.38. The zero-order chi connectivity index (χ0) is 27.4. The molecular formula is C30H39N3O5S. The van der Waals surface area contributed by atoms with Crippen molar-refractivity contribution in [3.05, 3.63) is 65.4 Å². The third-order valence-corrected chi connectivity index (χ3v) is 9.46. The summed E-state index contributed by atoms with van der Waals surface area (Å²) in [6, 6.07) is 13.5. The van der Waals surface area contributed by atoms with E-state index in [-0.39, 0.29) is 12.2 Å².